The number of ether oxygens (including phenoxy) is 1. The molecule has 0 aromatic rings. The number of hydrogen-bond donors (Lipinski definition) is 0. The van der Waals surface area contributed by atoms with Crippen molar-refractivity contribution in [2.75, 3.05) is 0 Å². The Labute approximate surface area is 106 Å². The molecule has 2 aliphatic carbocycles. The van der Waals surface area contributed by atoms with Crippen molar-refractivity contribution in [3.8, 4) is 0 Å². The van der Waals surface area contributed by atoms with E-state index < -0.39 is 0 Å². The molecule has 1 fully saturated rings. The Bertz CT molecular complexity index is 377. The lowest BCUT2D eigenvalue weighted by Crippen LogP contribution is -2.34. The molecule has 1 heterocycles. The number of rotatable bonds is 1. The second kappa shape index (κ2) is 3.38. The third-order valence-electron chi connectivity index (χ3n) is 5.50. The predicted molar refractivity (Wildman–Crippen MR) is 70.9 cm³/mol. The molecule has 0 bridgehead atoms. The lowest BCUT2D eigenvalue weighted by atomic mass is 9.61. The fourth-order valence-electron chi connectivity index (χ4n) is 4.15. The molecule has 3 aliphatic rings. The zero-order valence-electron chi connectivity index (χ0n) is 12.0. The fraction of sp³-hybridized carbons (Fsp3) is 0.875. The zero-order chi connectivity index (χ0) is 12.4. The molecule has 1 heteroatoms. The fourth-order valence-corrected chi connectivity index (χ4v) is 4.15. The molecule has 3 rings (SSSR count). The van der Waals surface area contributed by atoms with E-state index in [1.54, 1.807) is 11.1 Å². The van der Waals surface area contributed by atoms with Crippen LogP contribution in [0.1, 0.15) is 60.3 Å². The Kier molecular flexibility index (Phi) is 2.34. The summed E-state index contributed by atoms with van der Waals surface area (Å²) >= 11 is 0. The van der Waals surface area contributed by atoms with E-state index in [0.29, 0.717) is 11.5 Å². The third kappa shape index (κ3) is 1.69. The van der Waals surface area contributed by atoms with Gasteiger partial charge < -0.3 is 4.74 Å². The number of epoxide rings is 1. The highest BCUT2D eigenvalue weighted by Gasteiger charge is 2.58. The summed E-state index contributed by atoms with van der Waals surface area (Å²) in [5, 5.41) is 0. The third-order valence-corrected chi connectivity index (χ3v) is 5.50. The summed E-state index contributed by atoms with van der Waals surface area (Å²) in [5.41, 5.74) is 4.16. The monoisotopic (exact) mass is 234 g/mol. The number of fused-ring (bicyclic) bond motifs is 1. The summed E-state index contributed by atoms with van der Waals surface area (Å²) < 4.78 is 5.94. The quantitative estimate of drug-likeness (QED) is 0.486. The van der Waals surface area contributed by atoms with Crippen LogP contribution in [0, 0.1) is 17.3 Å². The molecule has 17 heavy (non-hydrogen) atoms. The minimum atomic E-state index is 0.208. The maximum Gasteiger partial charge on any atom is 0.0960 e. The Hall–Kier alpha value is -0.300. The molecule has 0 amide bonds. The van der Waals surface area contributed by atoms with E-state index in [1.165, 1.54) is 25.7 Å². The molecular formula is C16H26O. The highest BCUT2D eigenvalue weighted by Crippen LogP contribution is 2.58. The smallest absolute Gasteiger partial charge is 0.0960 e. The van der Waals surface area contributed by atoms with Crippen LogP contribution in [-0.2, 0) is 4.74 Å². The summed E-state index contributed by atoms with van der Waals surface area (Å²) in [5.74, 6) is 1.61. The Morgan fingerprint density at radius 1 is 1.24 bits per heavy atom. The van der Waals surface area contributed by atoms with Crippen molar-refractivity contribution in [3.05, 3.63) is 11.1 Å². The first-order chi connectivity index (χ1) is 7.83. The van der Waals surface area contributed by atoms with Crippen molar-refractivity contribution in [2.45, 2.75) is 72.0 Å². The minimum absolute atomic E-state index is 0.208. The van der Waals surface area contributed by atoms with E-state index in [1.807, 2.05) is 0 Å². The highest BCUT2D eigenvalue weighted by molar-refractivity contribution is 5.35. The highest BCUT2D eigenvalue weighted by atomic mass is 16.6. The summed E-state index contributed by atoms with van der Waals surface area (Å²) in [4.78, 5) is 0. The van der Waals surface area contributed by atoms with Crippen LogP contribution in [0.5, 0.6) is 0 Å². The average Bonchev–Trinajstić information content (AvgIpc) is 2.85. The van der Waals surface area contributed by atoms with E-state index in [-0.39, 0.29) is 5.60 Å². The zero-order valence-corrected chi connectivity index (χ0v) is 12.0. The first-order valence-corrected chi connectivity index (χ1v) is 7.24. The van der Waals surface area contributed by atoms with Crippen LogP contribution >= 0.6 is 0 Å². The SMILES string of the molecule is CC(C)C1CCC(C)(C)C2=C1CC1(C)OC1C2. The average molecular weight is 234 g/mol. The van der Waals surface area contributed by atoms with Crippen molar-refractivity contribution < 1.29 is 4.74 Å². The van der Waals surface area contributed by atoms with Crippen LogP contribution in [-0.4, -0.2) is 11.7 Å². The predicted octanol–water partition coefficient (Wildman–Crippen LogP) is 4.33. The van der Waals surface area contributed by atoms with Crippen LogP contribution in [0.2, 0.25) is 0 Å². The standard InChI is InChI=1S/C16H26O/c1-10(2)11-6-7-15(3,4)13-8-14-16(5,17-14)9-12(11)13/h10-11,14H,6-9H2,1-5H3. The topological polar surface area (TPSA) is 12.5 Å². The van der Waals surface area contributed by atoms with E-state index >= 15 is 0 Å². The van der Waals surface area contributed by atoms with Crippen LogP contribution in [0.25, 0.3) is 0 Å². The number of hydrogen-bond acceptors (Lipinski definition) is 1. The molecule has 1 saturated heterocycles. The Morgan fingerprint density at radius 2 is 1.94 bits per heavy atom. The van der Waals surface area contributed by atoms with Gasteiger partial charge in [-0.2, -0.15) is 0 Å². The van der Waals surface area contributed by atoms with Gasteiger partial charge in [-0.15, -0.1) is 0 Å². The van der Waals surface area contributed by atoms with Gasteiger partial charge in [0.05, 0.1) is 11.7 Å². The van der Waals surface area contributed by atoms with Crippen molar-refractivity contribution >= 4 is 0 Å². The van der Waals surface area contributed by atoms with Crippen LogP contribution < -0.4 is 0 Å². The van der Waals surface area contributed by atoms with Gasteiger partial charge in [0, 0.05) is 6.42 Å². The van der Waals surface area contributed by atoms with Crippen molar-refractivity contribution in [1.29, 1.82) is 0 Å². The minimum Gasteiger partial charge on any atom is -0.366 e. The van der Waals surface area contributed by atoms with Gasteiger partial charge in [0.15, 0.2) is 0 Å². The van der Waals surface area contributed by atoms with Gasteiger partial charge in [-0.05, 0) is 43.4 Å². The molecular weight excluding hydrogens is 208 g/mol. The van der Waals surface area contributed by atoms with Gasteiger partial charge in [0.25, 0.3) is 0 Å². The van der Waals surface area contributed by atoms with Gasteiger partial charge in [-0.25, -0.2) is 0 Å². The van der Waals surface area contributed by atoms with E-state index in [4.69, 9.17) is 4.74 Å². The lowest BCUT2D eigenvalue weighted by Gasteiger charge is -2.43. The molecule has 0 saturated carbocycles. The Balaban J connectivity index is 2.00. The van der Waals surface area contributed by atoms with E-state index in [0.717, 1.165) is 11.8 Å². The molecule has 0 N–H and O–H groups in total. The molecule has 3 unspecified atom stereocenters. The van der Waals surface area contributed by atoms with Crippen LogP contribution in [0.15, 0.2) is 11.1 Å². The second-order valence-corrected chi connectivity index (χ2v) is 7.58. The summed E-state index contributed by atoms with van der Waals surface area (Å²) in [6, 6.07) is 0. The van der Waals surface area contributed by atoms with Gasteiger partial charge in [-0.3, -0.25) is 0 Å². The normalized spacial score (nSPS) is 43.4. The summed E-state index contributed by atoms with van der Waals surface area (Å²) in [7, 11) is 0. The van der Waals surface area contributed by atoms with Crippen LogP contribution in [0.4, 0.5) is 0 Å². The first kappa shape index (κ1) is 11.8. The van der Waals surface area contributed by atoms with Crippen LogP contribution in [0.3, 0.4) is 0 Å². The van der Waals surface area contributed by atoms with Gasteiger partial charge in [0.2, 0.25) is 0 Å². The van der Waals surface area contributed by atoms with Crippen molar-refractivity contribution in [1.82, 2.24) is 0 Å². The Morgan fingerprint density at radius 3 is 2.59 bits per heavy atom. The second-order valence-electron chi connectivity index (χ2n) is 7.58. The van der Waals surface area contributed by atoms with Gasteiger partial charge >= 0.3 is 0 Å². The van der Waals surface area contributed by atoms with Crippen molar-refractivity contribution in [3.63, 3.8) is 0 Å². The van der Waals surface area contributed by atoms with Crippen molar-refractivity contribution in [2.24, 2.45) is 17.3 Å². The van der Waals surface area contributed by atoms with E-state index in [9.17, 15) is 0 Å². The first-order valence-electron chi connectivity index (χ1n) is 7.24. The molecule has 96 valence electrons. The molecule has 3 atom stereocenters. The molecule has 0 aromatic heterocycles. The summed E-state index contributed by atoms with van der Waals surface area (Å²) in [6.07, 6.45) is 5.69. The molecule has 0 aromatic carbocycles. The molecule has 0 radical (unpaired) electrons. The lowest BCUT2D eigenvalue weighted by molar-refractivity contribution is 0.253. The molecule has 1 aliphatic heterocycles. The van der Waals surface area contributed by atoms with Gasteiger partial charge in [-0.1, -0.05) is 38.8 Å². The molecule has 1 nitrogen and oxygen atoms in total. The maximum absolute atomic E-state index is 5.94. The summed E-state index contributed by atoms with van der Waals surface area (Å²) in [6.45, 7) is 11.9. The van der Waals surface area contributed by atoms with E-state index in [2.05, 4.69) is 34.6 Å². The largest absolute Gasteiger partial charge is 0.366 e. The van der Waals surface area contributed by atoms with Gasteiger partial charge in [0.1, 0.15) is 0 Å². The maximum atomic E-state index is 5.94. The molecule has 0 spiro atoms.